The first-order valence-electron chi connectivity index (χ1n) is 13.0. The van der Waals surface area contributed by atoms with Crippen LogP contribution in [0.4, 0.5) is 0 Å². The average molecular weight is 920 g/mol. The molecule has 4 fully saturated rings. The van der Waals surface area contributed by atoms with E-state index in [1.165, 1.54) is 18.2 Å². The summed E-state index contributed by atoms with van der Waals surface area (Å²) in [7, 11) is -4.49. The molecule has 2 aromatic carbocycles. The molecule has 14 heteroatoms. The van der Waals surface area contributed by atoms with Crippen LogP contribution in [-0.2, 0) is 33.9 Å². The summed E-state index contributed by atoms with van der Waals surface area (Å²) in [5.74, 6) is -4.01. The van der Waals surface area contributed by atoms with Crippen molar-refractivity contribution in [1.29, 1.82) is 0 Å². The third-order valence-electron chi connectivity index (χ3n) is 8.16. The van der Waals surface area contributed by atoms with E-state index < -0.39 is 64.3 Å². The molecule has 1 saturated carbocycles. The highest BCUT2D eigenvalue weighted by atomic mass is 127. The van der Waals surface area contributed by atoms with Gasteiger partial charge in [0.2, 0.25) is 0 Å². The highest BCUT2D eigenvalue weighted by Gasteiger charge is 2.72. The molecule has 218 valence electrons. The lowest BCUT2D eigenvalue weighted by molar-refractivity contribution is -0.149. The molecule has 3 heterocycles. The molecule has 3 aliphatic heterocycles. The fourth-order valence-corrected chi connectivity index (χ4v) is 9.51. The largest absolute Gasteiger partial charge is 0.455 e. The van der Waals surface area contributed by atoms with Crippen molar-refractivity contribution in [2.75, 3.05) is 0 Å². The third kappa shape index (κ3) is 5.53. The number of carbonyl (C=O) groups is 3. The number of benzene rings is 2. The fourth-order valence-electron chi connectivity index (χ4n) is 6.37. The zero-order valence-electron chi connectivity index (χ0n) is 21.1. The lowest BCUT2D eigenvalue weighted by Gasteiger charge is -2.27. The van der Waals surface area contributed by atoms with Crippen LogP contribution in [0.5, 0.6) is 5.75 Å². The zero-order valence-corrected chi connectivity index (χ0v) is 28.4. The van der Waals surface area contributed by atoms with Crippen molar-refractivity contribution in [2.24, 2.45) is 11.8 Å². The Kier molecular flexibility index (Phi) is 8.36. The van der Waals surface area contributed by atoms with Crippen LogP contribution in [0.1, 0.15) is 53.9 Å². The molecule has 0 amide bonds. The highest BCUT2D eigenvalue weighted by molar-refractivity contribution is 14.1. The summed E-state index contributed by atoms with van der Waals surface area (Å²) in [4.78, 5) is 39.3. The minimum Gasteiger partial charge on any atom is -0.455 e. The van der Waals surface area contributed by atoms with Crippen LogP contribution in [0.15, 0.2) is 35.2 Å². The van der Waals surface area contributed by atoms with E-state index in [-0.39, 0.29) is 16.6 Å². The Morgan fingerprint density at radius 2 is 1.71 bits per heavy atom. The Morgan fingerprint density at radius 1 is 0.976 bits per heavy atom. The topological polar surface area (TPSA) is 142 Å². The molecular weight excluding hydrogens is 897 g/mol. The predicted octanol–water partition coefficient (Wildman–Crippen LogP) is 4.86. The average Bonchev–Trinajstić information content (AvgIpc) is 3.54. The van der Waals surface area contributed by atoms with Crippen molar-refractivity contribution >= 4 is 95.8 Å². The number of esters is 3. The molecular formula is C27H23I3O10S. The van der Waals surface area contributed by atoms with E-state index in [1.54, 1.807) is 6.07 Å². The number of hydrogen-bond donors (Lipinski definition) is 1. The molecule has 10 nitrogen and oxygen atoms in total. The first-order chi connectivity index (χ1) is 19.4. The number of rotatable bonds is 6. The van der Waals surface area contributed by atoms with Crippen LogP contribution in [0.25, 0.3) is 0 Å². The zero-order chi connectivity index (χ0) is 29.2. The van der Waals surface area contributed by atoms with Gasteiger partial charge in [-0.15, -0.1) is 0 Å². The van der Waals surface area contributed by atoms with Crippen molar-refractivity contribution in [2.45, 2.75) is 67.3 Å². The van der Waals surface area contributed by atoms with Crippen LogP contribution in [0.3, 0.4) is 0 Å². The molecule has 6 rings (SSSR count). The van der Waals surface area contributed by atoms with E-state index in [2.05, 4.69) is 67.8 Å². The number of hydrogen-bond acceptors (Lipinski definition) is 9. The van der Waals surface area contributed by atoms with Gasteiger partial charge >= 0.3 is 17.9 Å². The molecule has 0 spiro atoms. The van der Waals surface area contributed by atoms with Crippen molar-refractivity contribution < 1.29 is 46.3 Å². The van der Waals surface area contributed by atoms with Crippen molar-refractivity contribution in [3.05, 3.63) is 52.2 Å². The van der Waals surface area contributed by atoms with Crippen molar-refractivity contribution in [3.8, 4) is 5.75 Å². The lowest BCUT2D eigenvalue weighted by Crippen LogP contribution is -2.48. The number of fused-ring (bicyclic) bond motifs is 1. The third-order valence-corrected chi connectivity index (χ3v) is 12.8. The van der Waals surface area contributed by atoms with Gasteiger partial charge in [-0.25, -0.2) is 4.79 Å². The first kappa shape index (κ1) is 30.0. The van der Waals surface area contributed by atoms with Gasteiger partial charge in [-0.2, -0.15) is 8.42 Å². The summed E-state index contributed by atoms with van der Waals surface area (Å²) in [6.45, 7) is 0. The number of halogens is 3. The van der Waals surface area contributed by atoms with Crippen molar-refractivity contribution in [1.82, 2.24) is 0 Å². The second kappa shape index (κ2) is 11.4. The van der Waals surface area contributed by atoms with Crippen LogP contribution in [0.2, 0.25) is 0 Å². The SMILES string of the molecule is O=C(OC1C2OC(=O)C3C2OC1C3C(=O)Oc1ccc(S(=O)(=O)O)c(C2CCCCC2)c1)c1cc(I)cc(I)c1I. The Hall–Kier alpha value is -1.09. The summed E-state index contributed by atoms with van der Waals surface area (Å²) in [5, 5.41) is 0. The molecule has 6 atom stereocenters. The predicted molar refractivity (Wildman–Crippen MR) is 167 cm³/mol. The summed E-state index contributed by atoms with van der Waals surface area (Å²) in [5.41, 5.74) is 0.759. The normalized spacial score (nSPS) is 28.9. The molecule has 2 bridgehead atoms. The van der Waals surface area contributed by atoms with Gasteiger partial charge in [-0.05, 0) is 122 Å². The maximum Gasteiger partial charge on any atom is 0.339 e. The van der Waals surface area contributed by atoms with E-state index in [1.807, 2.05) is 6.07 Å². The van der Waals surface area contributed by atoms with E-state index in [0.29, 0.717) is 11.1 Å². The van der Waals surface area contributed by atoms with Gasteiger partial charge < -0.3 is 18.9 Å². The molecule has 1 aliphatic carbocycles. The Labute approximate surface area is 276 Å². The number of carbonyl (C=O) groups excluding carboxylic acids is 3. The van der Waals surface area contributed by atoms with Gasteiger partial charge in [-0.1, -0.05) is 19.3 Å². The van der Waals surface area contributed by atoms with Crippen LogP contribution in [-0.4, -0.2) is 55.3 Å². The molecule has 2 aromatic rings. The summed E-state index contributed by atoms with van der Waals surface area (Å²) < 4.78 is 59.4. The summed E-state index contributed by atoms with van der Waals surface area (Å²) in [6, 6.07) is 7.64. The van der Waals surface area contributed by atoms with Gasteiger partial charge in [0, 0.05) is 10.7 Å². The monoisotopic (exact) mass is 920 g/mol. The highest BCUT2D eigenvalue weighted by Crippen LogP contribution is 2.52. The second-order valence-electron chi connectivity index (χ2n) is 10.6. The Balaban J connectivity index is 1.26. The maximum atomic E-state index is 13.5. The van der Waals surface area contributed by atoms with Crippen LogP contribution < -0.4 is 4.74 Å². The van der Waals surface area contributed by atoms with E-state index in [9.17, 15) is 27.4 Å². The molecule has 41 heavy (non-hydrogen) atoms. The van der Waals surface area contributed by atoms with Gasteiger partial charge in [0.15, 0.2) is 12.2 Å². The minimum absolute atomic E-state index is 0.0881. The molecule has 6 unspecified atom stereocenters. The van der Waals surface area contributed by atoms with Gasteiger partial charge in [0.1, 0.15) is 29.8 Å². The molecule has 0 aromatic heterocycles. The Morgan fingerprint density at radius 3 is 2.41 bits per heavy atom. The second-order valence-corrected chi connectivity index (χ2v) is 15.4. The van der Waals surface area contributed by atoms with Gasteiger partial charge in [0.05, 0.1) is 10.5 Å². The Bertz CT molecular complexity index is 1550. The van der Waals surface area contributed by atoms with Crippen LogP contribution >= 0.6 is 67.8 Å². The molecule has 1 N–H and O–H groups in total. The van der Waals surface area contributed by atoms with Crippen molar-refractivity contribution in [3.63, 3.8) is 0 Å². The number of ether oxygens (including phenoxy) is 4. The van der Waals surface area contributed by atoms with Gasteiger partial charge in [-0.3, -0.25) is 14.1 Å². The van der Waals surface area contributed by atoms with E-state index in [0.717, 1.165) is 42.8 Å². The smallest absolute Gasteiger partial charge is 0.339 e. The maximum absolute atomic E-state index is 13.5. The van der Waals surface area contributed by atoms with E-state index in [4.69, 9.17) is 18.9 Å². The van der Waals surface area contributed by atoms with E-state index >= 15 is 0 Å². The standard InChI is InChI=1S/C27H23I3O10S/c28-12-8-15(20(30)16(29)9-12)25(31)39-23-21-18(19-22(38-21)24(23)40-27(19)33)26(32)37-13-6-7-17(41(34,35)36)14(10-13)11-4-2-1-3-5-11/h6-11,18-19,21-24H,1-5H2,(H,34,35,36). The summed E-state index contributed by atoms with van der Waals surface area (Å²) in [6.07, 6.45) is 0.867. The quantitative estimate of drug-likeness (QED) is 0.140. The molecule has 0 radical (unpaired) electrons. The van der Waals surface area contributed by atoms with Gasteiger partial charge in [0.25, 0.3) is 10.1 Å². The fraction of sp³-hybridized carbons (Fsp3) is 0.444. The van der Waals surface area contributed by atoms with Crippen LogP contribution in [0, 0.1) is 22.5 Å². The lowest BCUT2D eigenvalue weighted by atomic mass is 9.78. The first-order valence-corrected chi connectivity index (χ1v) is 17.7. The minimum atomic E-state index is -4.49. The summed E-state index contributed by atoms with van der Waals surface area (Å²) >= 11 is 6.32. The molecule has 4 aliphatic rings. The molecule has 3 saturated heterocycles.